The number of aryl methyl sites for hydroxylation is 1. The minimum absolute atomic E-state index is 0.0150. The van der Waals surface area contributed by atoms with Crippen molar-refractivity contribution in [2.75, 3.05) is 18.8 Å². The molecule has 1 rings (SSSR count). The number of sulfone groups is 1. The van der Waals surface area contributed by atoms with Crippen molar-refractivity contribution in [3.8, 4) is 0 Å². The quantitative estimate of drug-likeness (QED) is 0.603. The minimum Gasteiger partial charge on any atom is -0.480 e. The number of carbonyl (C=O) groups excluding carboxylic acids is 2. The molecule has 2 N–H and O–H groups in total. The van der Waals surface area contributed by atoms with Crippen molar-refractivity contribution in [1.82, 2.24) is 10.2 Å². The fraction of sp³-hybridized carbons (Fsp3) is 0.500. The molecule has 2 amide bonds. The van der Waals surface area contributed by atoms with Gasteiger partial charge in [0.05, 0.1) is 10.6 Å². The van der Waals surface area contributed by atoms with Gasteiger partial charge in [-0.05, 0) is 31.0 Å². The maximum absolute atomic E-state index is 12.5. The first-order valence-corrected chi connectivity index (χ1v) is 10.3. The highest BCUT2D eigenvalue weighted by Gasteiger charge is 2.25. The molecule has 0 saturated heterocycles. The maximum atomic E-state index is 12.5. The zero-order valence-corrected chi connectivity index (χ0v) is 16.6. The predicted octanol–water partition coefficient (Wildman–Crippen LogP) is 0.851. The average Bonchev–Trinajstić information content (AvgIpc) is 2.62. The molecule has 8 nitrogen and oxygen atoms in total. The van der Waals surface area contributed by atoms with Gasteiger partial charge in [-0.15, -0.1) is 0 Å². The molecular formula is C18H26N2O6S. The Morgan fingerprint density at radius 2 is 1.78 bits per heavy atom. The fourth-order valence-corrected chi connectivity index (χ4v) is 3.33. The van der Waals surface area contributed by atoms with Gasteiger partial charge in [-0.2, -0.15) is 0 Å². The molecule has 27 heavy (non-hydrogen) atoms. The number of benzene rings is 1. The Morgan fingerprint density at radius 1 is 1.19 bits per heavy atom. The third-order valence-electron chi connectivity index (χ3n) is 4.16. The molecule has 1 aromatic rings. The van der Waals surface area contributed by atoms with Crippen LogP contribution in [0, 0.1) is 0 Å². The number of aliphatic carboxylic acids is 1. The third kappa shape index (κ3) is 7.01. The smallest absolute Gasteiger partial charge is 0.326 e. The summed E-state index contributed by atoms with van der Waals surface area (Å²) in [4.78, 5) is 36.1. The first kappa shape index (κ1) is 22.6. The van der Waals surface area contributed by atoms with Crippen molar-refractivity contribution in [1.29, 1.82) is 0 Å². The summed E-state index contributed by atoms with van der Waals surface area (Å²) in [5.41, 5.74) is 0.781. The molecular weight excluding hydrogens is 372 g/mol. The predicted molar refractivity (Wildman–Crippen MR) is 100.0 cm³/mol. The second-order valence-corrected chi connectivity index (χ2v) is 8.41. The number of carbonyl (C=O) groups is 3. The van der Waals surface area contributed by atoms with E-state index in [1.165, 1.54) is 30.9 Å². The number of hydrogen-bond acceptors (Lipinski definition) is 5. The standard InChI is InChI=1S/C18H26N2O6S/c1-4-27(25,26)16-8-5-15(6-9-16)7-10-17(22)20(13(2)18(23)24)12-11-19-14(3)21/h5-6,8-9,13H,4,7,10-12H2,1-3H3,(H,19,21)(H,23,24). The Morgan fingerprint density at radius 3 is 2.26 bits per heavy atom. The van der Waals surface area contributed by atoms with Gasteiger partial charge in [0.2, 0.25) is 11.8 Å². The van der Waals surface area contributed by atoms with Crippen LogP contribution in [0.5, 0.6) is 0 Å². The zero-order chi connectivity index (χ0) is 20.6. The summed E-state index contributed by atoms with van der Waals surface area (Å²) >= 11 is 0. The van der Waals surface area contributed by atoms with Crippen molar-refractivity contribution in [2.24, 2.45) is 0 Å². The van der Waals surface area contributed by atoms with Gasteiger partial charge in [0, 0.05) is 26.4 Å². The molecule has 0 aliphatic heterocycles. The van der Waals surface area contributed by atoms with Crippen LogP contribution in [0.25, 0.3) is 0 Å². The third-order valence-corrected chi connectivity index (χ3v) is 5.91. The zero-order valence-electron chi connectivity index (χ0n) is 15.8. The van der Waals surface area contributed by atoms with Crippen LogP contribution in [0.15, 0.2) is 29.2 Å². The second-order valence-electron chi connectivity index (χ2n) is 6.13. The number of nitrogens with zero attached hydrogens (tertiary/aromatic N) is 1. The summed E-state index contributed by atoms with van der Waals surface area (Å²) in [5.74, 6) is -1.71. The fourth-order valence-electron chi connectivity index (χ4n) is 2.45. The van der Waals surface area contributed by atoms with Crippen molar-refractivity contribution in [3.63, 3.8) is 0 Å². The van der Waals surface area contributed by atoms with Gasteiger partial charge in [-0.25, -0.2) is 13.2 Å². The van der Waals surface area contributed by atoms with Crippen LogP contribution in [0.2, 0.25) is 0 Å². The highest BCUT2D eigenvalue weighted by molar-refractivity contribution is 7.91. The van der Waals surface area contributed by atoms with E-state index >= 15 is 0 Å². The Bertz CT molecular complexity index is 774. The highest BCUT2D eigenvalue weighted by Crippen LogP contribution is 2.14. The van der Waals surface area contributed by atoms with Gasteiger partial charge >= 0.3 is 5.97 Å². The van der Waals surface area contributed by atoms with E-state index in [0.717, 1.165) is 5.56 Å². The average molecular weight is 398 g/mol. The molecule has 0 saturated carbocycles. The molecule has 0 bridgehead atoms. The number of rotatable bonds is 10. The number of amides is 2. The van der Waals surface area contributed by atoms with Crippen molar-refractivity contribution in [2.45, 2.75) is 44.6 Å². The summed E-state index contributed by atoms with van der Waals surface area (Å²) in [6, 6.07) is 5.30. The summed E-state index contributed by atoms with van der Waals surface area (Å²) in [6.45, 7) is 4.59. The summed E-state index contributed by atoms with van der Waals surface area (Å²) in [5, 5.41) is 11.7. The lowest BCUT2D eigenvalue weighted by atomic mass is 10.1. The highest BCUT2D eigenvalue weighted by atomic mass is 32.2. The van der Waals surface area contributed by atoms with E-state index in [1.54, 1.807) is 19.1 Å². The van der Waals surface area contributed by atoms with Gasteiger partial charge in [0.15, 0.2) is 9.84 Å². The molecule has 1 unspecified atom stereocenters. The molecule has 150 valence electrons. The van der Waals surface area contributed by atoms with Crippen molar-refractivity contribution < 1.29 is 27.9 Å². The number of carboxylic acid groups (broad SMARTS) is 1. The van der Waals surface area contributed by atoms with Crippen LogP contribution in [0.3, 0.4) is 0 Å². The Balaban J connectivity index is 2.74. The lowest BCUT2D eigenvalue weighted by Gasteiger charge is -2.26. The van der Waals surface area contributed by atoms with Gasteiger partial charge in [0.25, 0.3) is 0 Å². The summed E-state index contributed by atoms with van der Waals surface area (Å²) < 4.78 is 23.6. The lowest BCUT2D eigenvalue weighted by molar-refractivity contribution is -0.149. The molecule has 0 radical (unpaired) electrons. The SMILES string of the molecule is CCS(=O)(=O)c1ccc(CCC(=O)N(CCNC(C)=O)C(C)C(=O)O)cc1. The number of nitrogens with one attached hydrogen (secondary N) is 1. The molecule has 9 heteroatoms. The van der Waals surface area contributed by atoms with Gasteiger partial charge in [-0.1, -0.05) is 19.1 Å². The van der Waals surface area contributed by atoms with E-state index in [0.29, 0.717) is 6.42 Å². The van der Waals surface area contributed by atoms with E-state index < -0.39 is 21.8 Å². The summed E-state index contributed by atoms with van der Waals surface area (Å²) in [6.07, 6.45) is 0.436. The molecule has 0 aliphatic carbocycles. The van der Waals surface area contributed by atoms with Crippen molar-refractivity contribution >= 4 is 27.6 Å². The summed E-state index contributed by atoms with van der Waals surface area (Å²) in [7, 11) is -3.27. The van der Waals surface area contributed by atoms with Crippen molar-refractivity contribution in [3.05, 3.63) is 29.8 Å². The molecule has 0 aromatic heterocycles. The normalized spacial score (nSPS) is 12.3. The Hall–Kier alpha value is -2.42. The van der Waals surface area contributed by atoms with Crippen LogP contribution in [0.1, 0.15) is 32.8 Å². The number of carboxylic acids is 1. The Kier molecular flexibility index (Phi) is 8.42. The second kappa shape index (κ2) is 10.1. The molecule has 0 spiro atoms. The molecule has 0 fully saturated rings. The van der Waals surface area contributed by atoms with E-state index in [9.17, 15) is 27.9 Å². The Labute approximate surface area is 159 Å². The molecule has 1 aromatic carbocycles. The van der Waals surface area contributed by atoms with E-state index in [2.05, 4.69) is 5.32 Å². The van der Waals surface area contributed by atoms with Crippen LogP contribution in [0.4, 0.5) is 0 Å². The van der Waals surface area contributed by atoms with E-state index in [-0.39, 0.29) is 42.0 Å². The minimum atomic E-state index is -3.27. The lowest BCUT2D eigenvalue weighted by Crippen LogP contribution is -2.46. The molecule has 1 atom stereocenters. The maximum Gasteiger partial charge on any atom is 0.326 e. The topological polar surface area (TPSA) is 121 Å². The van der Waals surface area contributed by atoms with Gasteiger partial charge in [-0.3, -0.25) is 9.59 Å². The van der Waals surface area contributed by atoms with E-state index in [4.69, 9.17) is 0 Å². The van der Waals surface area contributed by atoms with E-state index in [1.807, 2.05) is 0 Å². The van der Waals surface area contributed by atoms with Crippen LogP contribution in [-0.4, -0.2) is 61.1 Å². The number of hydrogen-bond donors (Lipinski definition) is 2. The van der Waals surface area contributed by atoms with Crippen LogP contribution < -0.4 is 5.32 Å². The monoisotopic (exact) mass is 398 g/mol. The van der Waals surface area contributed by atoms with Crippen LogP contribution >= 0.6 is 0 Å². The van der Waals surface area contributed by atoms with Gasteiger partial charge in [0.1, 0.15) is 6.04 Å². The van der Waals surface area contributed by atoms with Crippen LogP contribution in [-0.2, 0) is 30.6 Å². The molecule has 0 heterocycles. The molecule has 0 aliphatic rings. The first-order valence-electron chi connectivity index (χ1n) is 8.67. The van der Waals surface area contributed by atoms with Gasteiger partial charge < -0.3 is 15.3 Å². The largest absolute Gasteiger partial charge is 0.480 e. The first-order chi connectivity index (χ1) is 12.6.